The van der Waals surface area contributed by atoms with Crippen molar-refractivity contribution < 1.29 is 18.3 Å². The SMILES string of the molecule is O=C1CCc2c(OCc3cc(F)cc(F)c3)cccc21. The van der Waals surface area contributed by atoms with Gasteiger partial charge in [0, 0.05) is 23.6 Å². The first kappa shape index (κ1) is 12.8. The maximum absolute atomic E-state index is 13.1. The summed E-state index contributed by atoms with van der Waals surface area (Å²) in [5, 5.41) is 0. The quantitative estimate of drug-likeness (QED) is 0.853. The van der Waals surface area contributed by atoms with Crippen molar-refractivity contribution in [1.82, 2.24) is 0 Å². The second-order valence-electron chi connectivity index (χ2n) is 4.77. The minimum Gasteiger partial charge on any atom is -0.489 e. The van der Waals surface area contributed by atoms with E-state index in [1.165, 1.54) is 12.1 Å². The molecule has 0 amide bonds. The highest BCUT2D eigenvalue weighted by atomic mass is 19.1. The molecule has 0 saturated heterocycles. The minimum absolute atomic E-state index is 0.0688. The second kappa shape index (κ2) is 5.04. The van der Waals surface area contributed by atoms with Gasteiger partial charge in [0.1, 0.15) is 24.0 Å². The van der Waals surface area contributed by atoms with Gasteiger partial charge >= 0.3 is 0 Å². The molecule has 4 heteroatoms. The van der Waals surface area contributed by atoms with Gasteiger partial charge in [-0.05, 0) is 30.2 Å². The van der Waals surface area contributed by atoms with E-state index in [4.69, 9.17) is 4.74 Å². The number of fused-ring (bicyclic) bond motifs is 1. The van der Waals surface area contributed by atoms with Crippen LogP contribution in [0.1, 0.15) is 27.9 Å². The smallest absolute Gasteiger partial charge is 0.163 e. The molecule has 0 radical (unpaired) electrons. The van der Waals surface area contributed by atoms with E-state index >= 15 is 0 Å². The van der Waals surface area contributed by atoms with Gasteiger partial charge in [-0.2, -0.15) is 0 Å². The number of carbonyl (C=O) groups is 1. The highest BCUT2D eigenvalue weighted by Crippen LogP contribution is 2.31. The van der Waals surface area contributed by atoms with Crippen molar-refractivity contribution in [1.29, 1.82) is 0 Å². The molecule has 102 valence electrons. The summed E-state index contributed by atoms with van der Waals surface area (Å²) in [6.45, 7) is 0.0688. The van der Waals surface area contributed by atoms with Crippen LogP contribution >= 0.6 is 0 Å². The van der Waals surface area contributed by atoms with Gasteiger partial charge in [0.05, 0.1) is 0 Å². The third-order valence-electron chi connectivity index (χ3n) is 3.35. The monoisotopic (exact) mass is 274 g/mol. The van der Waals surface area contributed by atoms with Gasteiger partial charge in [-0.15, -0.1) is 0 Å². The lowest BCUT2D eigenvalue weighted by atomic mass is 10.1. The molecule has 3 rings (SSSR count). The number of hydrogen-bond acceptors (Lipinski definition) is 2. The minimum atomic E-state index is -0.628. The number of benzene rings is 2. The summed E-state index contributed by atoms with van der Waals surface area (Å²) in [7, 11) is 0. The Balaban J connectivity index is 1.81. The number of ether oxygens (including phenoxy) is 1. The van der Waals surface area contributed by atoms with Crippen LogP contribution in [0.15, 0.2) is 36.4 Å². The van der Waals surface area contributed by atoms with Crippen molar-refractivity contribution in [3.05, 3.63) is 64.7 Å². The van der Waals surface area contributed by atoms with Gasteiger partial charge < -0.3 is 4.74 Å². The molecular formula is C16H12F2O2. The molecule has 0 unspecified atom stereocenters. The molecule has 0 spiro atoms. The molecule has 0 saturated carbocycles. The summed E-state index contributed by atoms with van der Waals surface area (Å²) in [5.41, 5.74) is 1.99. The summed E-state index contributed by atoms with van der Waals surface area (Å²) >= 11 is 0. The first-order valence-corrected chi connectivity index (χ1v) is 6.36. The summed E-state index contributed by atoms with van der Waals surface area (Å²) in [5.74, 6) is -0.533. The van der Waals surface area contributed by atoms with Gasteiger partial charge in [-0.3, -0.25) is 4.79 Å². The van der Waals surface area contributed by atoms with Gasteiger partial charge in [-0.1, -0.05) is 12.1 Å². The van der Waals surface area contributed by atoms with Crippen molar-refractivity contribution in [3.63, 3.8) is 0 Å². The lowest BCUT2D eigenvalue weighted by molar-refractivity contribution is 0.0994. The molecule has 0 bridgehead atoms. The molecule has 0 aliphatic heterocycles. The Bertz CT molecular complexity index is 660. The predicted octanol–water partition coefficient (Wildman–Crippen LogP) is 3.67. The van der Waals surface area contributed by atoms with Crippen LogP contribution in [0.5, 0.6) is 5.75 Å². The number of rotatable bonds is 3. The lowest BCUT2D eigenvalue weighted by Gasteiger charge is -2.10. The third-order valence-corrected chi connectivity index (χ3v) is 3.35. The van der Waals surface area contributed by atoms with E-state index in [9.17, 15) is 13.6 Å². The molecule has 2 nitrogen and oxygen atoms in total. The van der Waals surface area contributed by atoms with E-state index in [0.717, 1.165) is 11.6 Å². The zero-order chi connectivity index (χ0) is 14.1. The van der Waals surface area contributed by atoms with Gasteiger partial charge in [0.25, 0.3) is 0 Å². The van der Waals surface area contributed by atoms with Crippen LogP contribution in [0.3, 0.4) is 0 Å². The largest absolute Gasteiger partial charge is 0.489 e. The van der Waals surface area contributed by atoms with Crippen LogP contribution in [0.25, 0.3) is 0 Å². The maximum Gasteiger partial charge on any atom is 0.163 e. The average Bonchev–Trinajstić information content (AvgIpc) is 2.78. The van der Waals surface area contributed by atoms with Crippen molar-refractivity contribution in [2.45, 2.75) is 19.4 Å². The molecular weight excluding hydrogens is 262 g/mol. The number of Topliss-reactive ketones (excluding diaryl/α,β-unsaturated/α-hetero) is 1. The Hall–Kier alpha value is -2.23. The molecule has 20 heavy (non-hydrogen) atoms. The van der Waals surface area contributed by atoms with Crippen molar-refractivity contribution in [3.8, 4) is 5.75 Å². The van der Waals surface area contributed by atoms with Gasteiger partial charge in [-0.25, -0.2) is 8.78 Å². The normalized spacial score (nSPS) is 13.4. The Morgan fingerprint density at radius 3 is 2.55 bits per heavy atom. The van der Waals surface area contributed by atoms with Crippen LogP contribution in [0, 0.1) is 11.6 Å². The van der Waals surface area contributed by atoms with Crippen molar-refractivity contribution in [2.24, 2.45) is 0 Å². The summed E-state index contributed by atoms with van der Waals surface area (Å²) < 4.78 is 31.8. The van der Waals surface area contributed by atoms with Crippen LogP contribution in [0.2, 0.25) is 0 Å². The third kappa shape index (κ3) is 2.41. The number of ketones is 1. The summed E-state index contributed by atoms with van der Waals surface area (Å²) in [6, 6.07) is 8.59. The maximum atomic E-state index is 13.1. The Morgan fingerprint density at radius 1 is 1.05 bits per heavy atom. The van der Waals surface area contributed by atoms with E-state index in [2.05, 4.69) is 0 Å². The van der Waals surface area contributed by atoms with Crippen molar-refractivity contribution >= 4 is 5.78 Å². The molecule has 0 heterocycles. The summed E-state index contributed by atoms with van der Waals surface area (Å²) in [4.78, 5) is 11.6. The predicted molar refractivity (Wildman–Crippen MR) is 69.8 cm³/mol. The van der Waals surface area contributed by atoms with Crippen LogP contribution < -0.4 is 4.74 Å². The van der Waals surface area contributed by atoms with E-state index in [1.807, 2.05) is 0 Å². The molecule has 2 aromatic rings. The Morgan fingerprint density at radius 2 is 1.80 bits per heavy atom. The Labute approximate surface area is 115 Å². The van der Waals surface area contributed by atoms with E-state index in [1.54, 1.807) is 18.2 Å². The average molecular weight is 274 g/mol. The number of carbonyl (C=O) groups excluding carboxylic acids is 1. The standard InChI is InChI=1S/C16H12F2O2/c17-11-6-10(7-12(18)8-11)9-20-16-3-1-2-13-14(16)4-5-15(13)19/h1-3,6-8H,4-5,9H2. The van der Waals surface area contributed by atoms with Crippen LogP contribution in [0.4, 0.5) is 8.78 Å². The summed E-state index contributed by atoms with van der Waals surface area (Å²) in [6.07, 6.45) is 1.14. The fourth-order valence-electron chi connectivity index (χ4n) is 2.45. The van der Waals surface area contributed by atoms with Crippen LogP contribution in [-0.4, -0.2) is 5.78 Å². The zero-order valence-corrected chi connectivity index (χ0v) is 10.7. The van der Waals surface area contributed by atoms with E-state index in [0.29, 0.717) is 29.7 Å². The van der Waals surface area contributed by atoms with E-state index in [-0.39, 0.29) is 12.4 Å². The topological polar surface area (TPSA) is 26.3 Å². The van der Waals surface area contributed by atoms with Gasteiger partial charge in [0.2, 0.25) is 0 Å². The fraction of sp³-hybridized carbons (Fsp3) is 0.188. The molecule has 1 aliphatic rings. The van der Waals surface area contributed by atoms with E-state index < -0.39 is 11.6 Å². The molecule has 1 aliphatic carbocycles. The highest BCUT2D eigenvalue weighted by Gasteiger charge is 2.22. The molecule has 0 aromatic heterocycles. The highest BCUT2D eigenvalue weighted by molar-refractivity contribution is 6.01. The zero-order valence-electron chi connectivity index (χ0n) is 10.7. The molecule has 0 N–H and O–H groups in total. The second-order valence-corrected chi connectivity index (χ2v) is 4.77. The molecule has 2 aromatic carbocycles. The molecule has 0 fully saturated rings. The van der Waals surface area contributed by atoms with Crippen molar-refractivity contribution in [2.75, 3.05) is 0 Å². The first-order valence-electron chi connectivity index (χ1n) is 6.36. The first-order chi connectivity index (χ1) is 9.63. The number of halogens is 2. The molecule has 0 atom stereocenters. The van der Waals surface area contributed by atoms with Gasteiger partial charge in [0.15, 0.2) is 5.78 Å². The number of hydrogen-bond donors (Lipinski definition) is 0. The van der Waals surface area contributed by atoms with Crippen LogP contribution in [-0.2, 0) is 13.0 Å². The fourth-order valence-corrected chi connectivity index (χ4v) is 2.45. The Kier molecular flexibility index (Phi) is 3.22. The lowest BCUT2D eigenvalue weighted by Crippen LogP contribution is -2.00.